The number of pyridine rings is 1. The molecular formula is C18H20N4O. The lowest BCUT2D eigenvalue weighted by molar-refractivity contribution is 0.0958. The smallest absolute Gasteiger partial charge is 0.269 e. The minimum atomic E-state index is -0.159. The molecule has 0 bridgehead atoms. The highest BCUT2D eigenvalue weighted by molar-refractivity contribution is 6.10. The first kappa shape index (κ1) is 14.1. The van der Waals surface area contributed by atoms with E-state index in [-0.39, 0.29) is 5.91 Å². The minimum Gasteiger partial charge on any atom is -0.372 e. The van der Waals surface area contributed by atoms with Crippen molar-refractivity contribution < 1.29 is 4.79 Å². The number of hydrogen-bond donors (Lipinski definition) is 2. The highest BCUT2D eigenvalue weighted by Gasteiger charge is 2.14. The molecule has 1 fully saturated rings. The van der Waals surface area contributed by atoms with Crippen LogP contribution in [-0.4, -0.2) is 36.0 Å². The maximum atomic E-state index is 11.8. The van der Waals surface area contributed by atoms with Crippen LogP contribution in [0.5, 0.6) is 0 Å². The lowest BCUT2D eigenvalue weighted by atomic mass is 10.1. The van der Waals surface area contributed by atoms with Gasteiger partial charge in [0, 0.05) is 42.1 Å². The zero-order chi connectivity index (χ0) is 15.8. The van der Waals surface area contributed by atoms with E-state index >= 15 is 0 Å². The zero-order valence-electron chi connectivity index (χ0n) is 13.2. The fourth-order valence-electron chi connectivity index (χ4n) is 3.39. The van der Waals surface area contributed by atoms with Gasteiger partial charge < -0.3 is 15.2 Å². The Hall–Kier alpha value is -2.56. The third-order valence-electron chi connectivity index (χ3n) is 4.65. The number of nitrogens with one attached hydrogen (secondary N) is 2. The molecule has 0 saturated carbocycles. The summed E-state index contributed by atoms with van der Waals surface area (Å²) in [5.41, 5.74) is 3.75. The largest absolute Gasteiger partial charge is 0.372 e. The summed E-state index contributed by atoms with van der Waals surface area (Å²) in [6, 6.07) is 8.40. The fourth-order valence-corrected chi connectivity index (χ4v) is 3.39. The van der Waals surface area contributed by atoms with Gasteiger partial charge in [0.25, 0.3) is 5.91 Å². The summed E-state index contributed by atoms with van der Waals surface area (Å²) in [6.45, 7) is 2.25. The van der Waals surface area contributed by atoms with E-state index < -0.39 is 0 Å². The van der Waals surface area contributed by atoms with E-state index in [9.17, 15) is 4.79 Å². The number of carbonyl (C=O) groups is 1. The van der Waals surface area contributed by atoms with Crippen molar-refractivity contribution in [3.8, 4) is 0 Å². The summed E-state index contributed by atoms with van der Waals surface area (Å²) >= 11 is 0. The van der Waals surface area contributed by atoms with Crippen LogP contribution in [0.4, 0.5) is 5.69 Å². The maximum absolute atomic E-state index is 11.8. The van der Waals surface area contributed by atoms with Gasteiger partial charge in [-0.05, 0) is 43.5 Å². The average Bonchev–Trinajstić information content (AvgIpc) is 2.98. The molecule has 0 radical (unpaired) electrons. The van der Waals surface area contributed by atoms with Crippen molar-refractivity contribution in [2.24, 2.45) is 0 Å². The molecule has 1 amide bonds. The number of hydrogen-bond acceptors (Lipinski definition) is 3. The Kier molecular flexibility index (Phi) is 3.41. The maximum Gasteiger partial charge on any atom is 0.269 e. The molecule has 1 aliphatic rings. The molecule has 2 N–H and O–H groups in total. The normalized spacial score (nSPS) is 15.3. The number of H-pyrrole nitrogens is 1. The van der Waals surface area contributed by atoms with Crippen LogP contribution in [0.2, 0.25) is 0 Å². The summed E-state index contributed by atoms with van der Waals surface area (Å²) in [7, 11) is 1.62. The van der Waals surface area contributed by atoms with Crippen molar-refractivity contribution in [1.29, 1.82) is 0 Å². The second kappa shape index (κ2) is 5.57. The van der Waals surface area contributed by atoms with Crippen LogP contribution < -0.4 is 10.2 Å². The summed E-state index contributed by atoms with van der Waals surface area (Å²) < 4.78 is 0. The van der Waals surface area contributed by atoms with Gasteiger partial charge in [-0.25, -0.2) is 4.98 Å². The van der Waals surface area contributed by atoms with Gasteiger partial charge in [-0.1, -0.05) is 0 Å². The van der Waals surface area contributed by atoms with Gasteiger partial charge in [0.2, 0.25) is 0 Å². The molecule has 1 saturated heterocycles. The Labute approximate surface area is 134 Å². The number of rotatable bonds is 2. The van der Waals surface area contributed by atoms with Crippen LogP contribution in [0, 0.1) is 0 Å². The molecule has 118 valence electrons. The highest BCUT2D eigenvalue weighted by atomic mass is 16.1. The van der Waals surface area contributed by atoms with Gasteiger partial charge in [0.1, 0.15) is 5.69 Å². The van der Waals surface area contributed by atoms with E-state index in [1.165, 1.54) is 24.9 Å². The first-order valence-corrected chi connectivity index (χ1v) is 8.15. The number of carbonyl (C=O) groups excluding carboxylic acids is 1. The van der Waals surface area contributed by atoms with Crippen molar-refractivity contribution in [3.63, 3.8) is 0 Å². The van der Waals surface area contributed by atoms with Gasteiger partial charge >= 0.3 is 0 Å². The molecule has 3 aromatic rings. The fraction of sp³-hybridized carbons (Fsp3) is 0.333. The topological polar surface area (TPSA) is 61.0 Å². The molecule has 1 aliphatic heterocycles. The van der Waals surface area contributed by atoms with Crippen LogP contribution in [0.1, 0.15) is 29.8 Å². The highest BCUT2D eigenvalue weighted by Crippen LogP contribution is 2.30. The van der Waals surface area contributed by atoms with E-state index in [2.05, 4.69) is 38.4 Å². The number of amides is 1. The third-order valence-corrected chi connectivity index (χ3v) is 4.65. The second-order valence-corrected chi connectivity index (χ2v) is 6.10. The van der Waals surface area contributed by atoms with Crippen LogP contribution in [0.15, 0.2) is 30.5 Å². The molecule has 4 rings (SSSR count). The molecule has 3 heterocycles. The number of benzene rings is 1. The Morgan fingerprint density at radius 3 is 2.70 bits per heavy atom. The van der Waals surface area contributed by atoms with Gasteiger partial charge in [-0.3, -0.25) is 4.79 Å². The van der Waals surface area contributed by atoms with E-state index in [1.54, 1.807) is 13.2 Å². The van der Waals surface area contributed by atoms with Gasteiger partial charge in [-0.15, -0.1) is 0 Å². The van der Waals surface area contributed by atoms with E-state index in [1.807, 2.05) is 6.07 Å². The van der Waals surface area contributed by atoms with E-state index in [0.717, 1.165) is 34.9 Å². The SMILES string of the molecule is CNC(=O)c1cc2c(cn1)[nH]c1ccc(N3CCCCC3)cc12. The van der Waals surface area contributed by atoms with E-state index in [0.29, 0.717) is 5.69 Å². The number of fused-ring (bicyclic) bond motifs is 3. The molecular weight excluding hydrogens is 288 g/mol. The Morgan fingerprint density at radius 2 is 1.91 bits per heavy atom. The van der Waals surface area contributed by atoms with Crippen molar-refractivity contribution in [1.82, 2.24) is 15.3 Å². The molecule has 5 nitrogen and oxygen atoms in total. The molecule has 0 atom stereocenters. The Balaban J connectivity index is 1.84. The molecule has 1 aromatic carbocycles. The second-order valence-electron chi connectivity index (χ2n) is 6.10. The quantitative estimate of drug-likeness (QED) is 0.765. The van der Waals surface area contributed by atoms with Gasteiger partial charge in [0.15, 0.2) is 0 Å². The number of nitrogens with zero attached hydrogens (tertiary/aromatic N) is 2. The summed E-state index contributed by atoms with van der Waals surface area (Å²) in [4.78, 5) is 21.9. The van der Waals surface area contributed by atoms with Gasteiger partial charge in [0.05, 0.1) is 11.7 Å². The zero-order valence-corrected chi connectivity index (χ0v) is 13.2. The third kappa shape index (κ3) is 2.42. The molecule has 23 heavy (non-hydrogen) atoms. The van der Waals surface area contributed by atoms with Crippen molar-refractivity contribution in [2.75, 3.05) is 25.0 Å². The predicted molar refractivity (Wildman–Crippen MR) is 93.1 cm³/mol. The van der Waals surface area contributed by atoms with Crippen LogP contribution in [-0.2, 0) is 0 Å². The Bertz CT molecular complexity index is 877. The molecule has 5 heteroatoms. The number of aromatic nitrogens is 2. The summed E-state index contributed by atoms with van der Waals surface area (Å²) in [5, 5.41) is 4.83. The standard InChI is InChI=1S/C18H20N4O/c1-19-18(23)16-10-14-13-9-12(22-7-3-2-4-8-22)5-6-15(13)21-17(14)11-20-16/h5-6,9-11,21H,2-4,7-8H2,1H3,(H,19,23). The molecule has 0 unspecified atom stereocenters. The number of aromatic amines is 1. The van der Waals surface area contributed by atoms with Crippen molar-refractivity contribution >= 4 is 33.4 Å². The van der Waals surface area contributed by atoms with Crippen molar-refractivity contribution in [3.05, 3.63) is 36.2 Å². The lowest BCUT2D eigenvalue weighted by Crippen LogP contribution is -2.29. The predicted octanol–water partition coefficient (Wildman–Crippen LogP) is 3.07. The molecule has 0 aliphatic carbocycles. The first-order valence-electron chi connectivity index (χ1n) is 8.15. The van der Waals surface area contributed by atoms with Gasteiger partial charge in [-0.2, -0.15) is 0 Å². The average molecular weight is 308 g/mol. The monoisotopic (exact) mass is 308 g/mol. The molecule has 0 spiro atoms. The van der Waals surface area contributed by atoms with Crippen LogP contribution in [0.3, 0.4) is 0 Å². The number of piperidine rings is 1. The van der Waals surface area contributed by atoms with E-state index in [4.69, 9.17) is 0 Å². The molecule has 2 aromatic heterocycles. The summed E-state index contributed by atoms with van der Waals surface area (Å²) in [6.07, 6.45) is 5.58. The lowest BCUT2D eigenvalue weighted by Gasteiger charge is -2.28. The van der Waals surface area contributed by atoms with Crippen LogP contribution >= 0.6 is 0 Å². The first-order chi connectivity index (χ1) is 11.3. The Morgan fingerprint density at radius 1 is 1.13 bits per heavy atom. The summed E-state index contributed by atoms with van der Waals surface area (Å²) in [5.74, 6) is -0.159. The number of anilines is 1. The minimum absolute atomic E-state index is 0.159. The van der Waals surface area contributed by atoms with Crippen molar-refractivity contribution in [2.45, 2.75) is 19.3 Å². The van der Waals surface area contributed by atoms with Crippen LogP contribution in [0.25, 0.3) is 21.8 Å².